The Morgan fingerprint density at radius 2 is 1.76 bits per heavy atom. The van der Waals surface area contributed by atoms with Crippen LogP contribution in [0.25, 0.3) is 0 Å². The number of primary sulfonamides is 1. The molecule has 21 heavy (non-hydrogen) atoms. The number of carboxylic acids is 1. The number of benzene rings is 1. The maximum absolute atomic E-state index is 11.6. The average molecular weight is 315 g/mol. The van der Waals surface area contributed by atoms with Crippen LogP contribution in [0, 0.1) is 5.41 Å². The van der Waals surface area contributed by atoms with E-state index in [9.17, 15) is 18.0 Å². The quantitative estimate of drug-likeness (QED) is 0.629. The molecule has 0 bridgehead atoms. The molecule has 0 atom stereocenters. The second kappa shape index (κ2) is 6.10. The van der Waals surface area contributed by atoms with Crippen molar-refractivity contribution in [2.24, 2.45) is 10.6 Å². The second-order valence-electron chi connectivity index (χ2n) is 5.07. The number of carboxylic acid groups (broad SMARTS) is 1. The number of hydrogen-bond donors (Lipinski definition) is 4. The van der Waals surface area contributed by atoms with Crippen molar-refractivity contribution in [3.05, 3.63) is 24.3 Å². The van der Waals surface area contributed by atoms with E-state index in [1.54, 1.807) is 0 Å². The fourth-order valence-corrected chi connectivity index (χ4v) is 1.80. The minimum atomic E-state index is -3.78. The highest BCUT2D eigenvalue weighted by molar-refractivity contribution is 7.89. The molecule has 0 saturated heterocycles. The van der Waals surface area contributed by atoms with Crippen LogP contribution in [0.1, 0.15) is 13.8 Å². The van der Waals surface area contributed by atoms with Crippen LogP contribution < -0.4 is 15.8 Å². The first-order valence-corrected chi connectivity index (χ1v) is 7.48. The molecule has 0 aliphatic carbocycles. The maximum Gasteiger partial charge on any atom is 0.319 e. The van der Waals surface area contributed by atoms with Crippen LogP contribution in [0.2, 0.25) is 0 Å². The number of urea groups is 1. The van der Waals surface area contributed by atoms with Gasteiger partial charge in [-0.05, 0) is 38.1 Å². The molecule has 0 fully saturated rings. The smallest absolute Gasteiger partial charge is 0.319 e. The lowest BCUT2D eigenvalue weighted by Gasteiger charge is -2.19. The minimum Gasteiger partial charge on any atom is -0.481 e. The Balaban J connectivity index is 2.62. The van der Waals surface area contributed by atoms with E-state index in [1.165, 1.54) is 38.1 Å². The zero-order valence-electron chi connectivity index (χ0n) is 11.6. The van der Waals surface area contributed by atoms with E-state index >= 15 is 0 Å². The maximum atomic E-state index is 11.6. The van der Waals surface area contributed by atoms with Crippen molar-refractivity contribution in [2.45, 2.75) is 18.7 Å². The summed E-state index contributed by atoms with van der Waals surface area (Å²) in [6.07, 6.45) is 0. The lowest BCUT2D eigenvalue weighted by atomic mass is 9.94. The van der Waals surface area contributed by atoms with Gasteiger partial charge in [-0.1, -0.05) is 0 Å². The van der Waals surface area contributed by atoms with Gasteiger partial charge in [-0.2, -0.15) is 0 Å². The Morgan fingerprint density at radius 3 is 2.19 bits per heavy atom. The number of hydrogen-bond acceptors (Lipinski definition) is 4. The Kier molecular flexibility index (Phi) is 4.92. The van der Waals surface area contributed by atoms with Gasteiger partial charge < -0.3 is 15.7 Å². The van der Waals surface area contributed by atoms with Crippen molar-refractivity contribution in [3.8, 4) is 0 Å². The Labute approximate surface area is 122 Å². The lowest BCUT2D eigenvalue weighted by Crippen LogP contribution is -2.40. The summed E-state index contributed by atoms with van der Waals surface area (Å²) in [5.74, 6) is -1.03. The zero-order valence-corrected chi connectivity index (χ0v) is 12.4. The van der Waals surface area contributed by atoms with Crippen molar-refractivity contribution in [3.63, 3.8) is 0 Å². The number of anilines is 1. The van der Waals surface area contributed by atoms with Crippen molar-refractivity contribution in [1.82, 2.24) is 5.32 Å². The summed E-state index contributed by atoms with van der Waals surface area (Å²) in [4.78, 5) is 22.4. The number of carbonyl (C=O) groups is 2. The standard InChI is InChI=1S/C12H17N3O5S/c1-12(2,10(16)17)7-14-11(18)15-8-3-5-9(6-4-8)21(13,19)20/h3-6H,7H2,1-2H3,(H,16,17)(H2,13,19,20)(H2,14,15,18). The fourth-order valence-electron chi connectivity index (χ4n) is 1.28. The topological polar surface area (TPSA) is 139 Å². The summed E-state index contributed by atoms with van der Waals surface area (Å²) in [5, 5.41) is 18.7. The van der Waals surface area contributed by atoms with Crippen LogP contribution in [-0.4, -0.2) is 32.1 Å². The number of nitrogens with two attached hydrogens (primary N) is 1. The summed E-state index contributed by atoms with van der Waals surface area (Å²) >= 11 is 0. The van der Waals surface area contributed by atoms with E-state index in [1.807, 2.05) is 0 Å². The molecule has 0 unspecified atom stereocenters. The molecule has 0 aromatic heterocycles. The first-order valence-electron chi connectivity index (χ1n) is 5.93. The molecule has 0 saturated carbocycles. The van der Waals surface area contributed by atoms with Crippen LogP contribution in [-0.2, 0) is 14.8 Å². The first kappa shape index (κ1) is 16.9. The molecule has 9 heteroatoms. The predicted molar refractivity (Wildman–Crippen MR) is 76.3 cm³/mol. The van der Waals surface area contributed by atoms with E-state index in [0.29, 0.717) is 5.69 Å². The zero-order chi connectivity index (χ0) is 16.3. The number of aliphatic carboxylic acids is 1. The van der Waals surface area contributed by atoms with Gasteiger partial charge in [0.15, 0.2) is 0 Å². The summed E-state index contributed by atoms with van der Waals surface area (Å²) in [6, 6.07) is 4.68. The highest BCUT2D eigenvalue weighted by Gasteiger charge is 2.27. The van der Waals surface area contributed by atoms with Crippen LogP contribution in [0.15, 0.2) is 29.2 Å². The highest BCUT2D eigenvalue weighted by atomic mass is 32.2. The fraction of sp³-hybridized carbons (Fsp3) is 0.333. The van der Waals surface area contributed by atoms with Gasteiger partial charge in [-0.25, -0.2) is 18.4 Å². The number of carbonyl (C=O) groups excluding carboxylic acids is 1. The molecular weight excluding hydrogens is 298 g/mol. The van der Waals surface area contributed by atoms with E-state index < -0.39 is 27.4 Å². The Hall–Kier alpha value is -2.13. The number of nitrogens with one attached hydrogen (secondary N) is 2. The van der Waals surface area contributed by atoms with Gasteiger partial charge >= 0.3 is 12.0 Å². The number of rotatable bonds is 5. The molecule has 116 valence electrons. The van der Waals surface area contributed by atoms with Gasteiger partial charge in [-0.3, -0.25) is 4.79 Å². The molecule has 0 spiro atoms. The van der Waals surface area contributed by atoms with Gasteiger partial charge in [0.2, 0.25) is 10.0 Å². The van der Waals surface area contributed by atoms with E-state index in [-0.39, 0.29) is 11.4 Å². The van der Waals surface area contributed by atoms with Crippen molar-refractivity contribution in [1.29, 1.82) is 0 Å². The van der Waals surface area contributed by atoms with E-state index in [4.69, 9.17) is 10.2 Å². The largest absolute Gasteiger partial charge is 0.481 e. The van der Waals surface area contributed by atoms with Crippen LogP contribution in [0.4, 0.5) is 10.5 Å². The van der Waals surface area contributed by atoms with E-state index in [0.717, 1.165) is 0 Å². The predicted octanol–water partition coefficient (Wildman–Crippen LogP) is 0.566. The third-order valence-corrected chi connectivity index (χ3v) is 3.64. The van der Waals surface area contributed by atoms with Gasteiger partial charge in [0.25, 0.3) is 0 Å². The SMILES string of the molecule is CC(C)(CNC(=O)Nc1ccc(S(N)(=O)=O)cc1)C(=O)O. The number of sulfonamides is 1. The van der Waals surface area contributed by atoms with Gasteiger partial charge in [0.05, 0.1) is 10.3 Å². The molecule has 8 nitrogen and oxygen atoms in total. The van der Waals surface area contributed by atoms with Crippen LogP contribution in [0.5, 0.6) is 0 Å². The molecule has 0 aliphatic heterocycles. The van der Waals surface area contributed by atoms with E-state index in [2.05, 4.69) is 10.6 Å². The van der Waals surface area contributed by atoms with Gasteiger partial charge in [0, 0.05) is 12.2 Å². The monoisotopic (exact) mass is 315 g/mol. The average Bonchev–Trinajstić information content (AvgIpc) is 2.36. The summed E-state index contributed by atoms with van der Waals surface area (Å²) in [7, 11) is -3.78. The number of amides is 2. The van der Waals surface area contributed by atoms with Crippen LogP contribution >= 0.6 is 0 Å². The molecular formula is C12H17N3O5S. The molecule has 1 rings (SSSR count). The summed E-state index contributed by atoms with van der Waals surface area (Å²) in [5.41, 5.74) is -0.734. The molecule has 5 N–H and O–H groups in total. The molecule has 2 amide bonds. The highest BCUT2D eigenvalue weighted by Crippen LogP contribution is 2.14. The lowest BCUT2D eigenvalue weighted by molar-refractivity contribution is -0.146. The minimum absolute atomic E-state index is 0.0522. The normalized spacial score (nSPS) is 11.8. The second-order valence-corrected chi connectivity index (χ2v) is 6.63. The van der Waals surface area contributed by atoms with Gasteiger partial charge in [0.1, 0.15) is 0 Å². The summed E-state index contributed by atoms with van der Waals surface area (Å²) < 4.78 is 22.1. The first-order chi connectivity index (χ1) is 9.52. The van der Waals surface area contributed by atoms with Crippen molar-refractivity contribution in [2.75, 3.05) is 11.9 Å². The summed E-state index contributed by atoms with van der Waals surface area (Å²) in [6.45, 7) is 2.91. The molecule has 0 heterocycles. The van der Waals surface area contributed by atoms with Crippen molar-refractivity contribution < 1.29 is 23.1 Å². The molecule has 1 aromatic rings. The Bertz CT molecular complexity index is 637. The van der Waals surface area contributed by atoms with Crippen LogP contribution in [0.3, 0.4) is 0 Å². The molecule has 0 aliphatic rings. The molecule has 1 aromatic carbocycles. The van der Waals surface area contributed by atoms with Gasteiger partial charge in [-0.15, -0.1) is 0 Å². The third-order valence-electron chi connectivity index (χ3n) is 2.71. The Morgan fingerprint density at radius 1 is 1.24 bits per heavy atom. The third kappa shape index (κ3) is 5.04. The van der Waals surface area contributed by atoms with Crippen molar-refractivity contribution >= 4 is 27.7 Å². The molecule has 0 radical (unpaired) electrons.